The third-order valence-corrected chi connectivity index (χ3v) is 4.21. The van der Waals surface area contributed by atoms with E-state index in [1.165, 1.54) is 19.3 Å². The number of nitrogens with zero attached hydrogens (tertiary/aromatic N) is 1. The minimum atomic E-state index is -0.0592. The van der Waals surface area contributed by atoms with Crippen LogP contribution in [-0.2, 0) is 4.74 Å². The van der Waals surface area contributed by atoms with E-state index >= 15 is 0 Å². The number of aliphatic hydroxyl groups is 1. The van der Waals surface area contributed by atoms with Crippen LogP contribution in [0.4, 0.5) is 0 Å². The highest BCUT2D eigenvalue weighted by atomic mass is 16.5. The zero-order chi connectivity index (χ0) is 11.4. The van der Waals surface area contributed by atoms with Gasteiger partial charge in [0.15, 0.2) is 0 Å². The summed E-state index contributed by atoms with van der Waals surface area (Å²) in [5.74, 6) is 0.501. The van der Waals surface area contributed by atoms with E-state index in [4.69, 9.17) is 4.74 Å². The van der Waals surface area contributed by atoms with E-state index in [9.17, 15) is 5.11 Å². The lowest BCUT2D eigenvalue weighted by molar-refractivity contribution is 0.0118. The molecule has 2 atom stereocenters. The summed E-state index contributed by atoms with van der Waals surface area (Å²) in [5, 5.41) is 9.96. The summed E-state index contributed by atoms with van der Waals surface area (Å²) in [6.45, 7) is 2.87. The lowest BCUT2D eigenvalue weighted by Crippen LogP contribution is -2.42. The van der Waals surface area contributed by atoms with Crippen LogP contribution in [0.3, 0.4) is 0 Å². The molecule has 3 nitrogen and oxygen atoms in total. The van der Waals surface area contributed by atoms with Crippen LogP contribution in [0.15, 0.2) is 0 Å². The monoisotopic (exact) mass is 227 g/mol. The van der Waals surface area contributed by atoms with Gasteiger partial charge in [0.1, 0.15) is 0 Å². The zero-order valence-electron chi connectivity index (χ0n) is 10.4. The van der Waals surface area contributed by atoms with Crippen LogP contribution in [0.1, 0.15) is 38.5 Å². The van der Waals surface area contributed by atoms with Crippen molar-refractivity contribution in [3.8, 4) is 0 Å². The highest BCUT2D eigenvalue weighted by Gasteiger charge is 2.27. The maximum atomic E-state index is 9.96. The molecule has 16 heavy (non-hydrogen) atoms. The van der Waals surface area contributed by atoms with E-state index in [0.29, 0.717) is 12.0 Å². The highest BCUT2D eigenvalue weighted by Crippen LogP contribution is 2.26. The number of hydrogen-bond donors (Lipinski definition) is 1. The van der Waals surface area contributed by atoms with Crippen LogP contribution in [0.25, 0.3) is 0 Å². The summed E-state index contributed by atoms with van der Waals surface area (Å²) < 4.78 is 5.38. The Morgan fingerprint density at radius 1 is 1.12 bits per heavy atom. The number of aliphatic hydroxyl groups excluding tert-OH is 1. The Labute approximate surface area is 98.8 Å². The molecule has 1 N–H and O–H groups in total. The lowest BCUT2D eigenvalue weighted by Gasteiger charge is -2.36. The Kier molecular flexibility index (Phi) is 4.62. The Hall–Kier alpha value is -0.120. The van der Waals surface area contributed by atoms with Crippen LogP contribution in [0, 0.1) is 5.92 Å². The molecule has 0 aromatic carbocycles. The molecule has 1 aliphatic carbocycles. The average Bonchev–Trinajstić information content (AvgIpc) is 2.33. The molecular formula is C13H25NO2. The number of hydrogen-bond acceptors (Lipinski definition) is 3. The van der Waals surface area contributed by atoms with Gasteiger partial charge in [-0.05, 0) is 38.6 Å². The predicted molar refractivity (Wildman–Crippen MR) is 64.4 cm³/mol. The number of rotatable bonds is 3. The van der Waals surface area contributed by atoms with Gasteiger partial charge in [0, 0.05) is 25.8 Å². The largest absolute Gasteiger partial charge is 0.393 e. The van der Waals surface area contributed by atoms with Crippen molar-refractivity contribution < 1.29 is 9.84 Å². The second-order valence-electron chi connectivity index (χ2n) is 5.40. The second-order valence-corrected chi connectivity index (χ2v) is 5.40. The van der Waals surface area contributed by atoms with Crippen molar-refractivity contribution in [3.63, 3.8) is 0 Å². The van der Waals surface area contributed by atoms with E-state index in [1.54, 1.807) is 0 Å². The molecule has 0 bridgehead atoms. The van der Waals surface area contributed by atoms with Gasteiger partial charge in [-0.2, -0.15) is 0 Å². The third-order valence-electron chi connectivity index (χ3n) is 4.21. The first kappa shape index (κ1) is 12.3. The van der Waals surface area contributed by atoms with Crippen molar-refractivity contribution in [2.75, 3.05) is 26.8 Å². The van der Waals surface area contributed by atoms with E-state index in [-0.39, 0.29) is 6.10 Å². The molecule has 2 unspecified atom stereocenters. The molecule has 2 rings (SSSR count). The third kappa shape index (κ3) is 3.19. The van der Waals surface area contributed by atoms with E-state index < -0.39 is 0 Å². The van der Waals surface area contributed by atoms with Crippen molar-refractivity contribution in [2.24, 2.45) is 5.92 Å². The van der Waals surface area contributed by atoms with Crippen molar-refractivity contribution in [3.05, 3.63) is 0 Å². The Morgan fingerprint density at radius 2 is 1.81 bits per heavy atom. The Balaban J connectivity index is 1.78. The van der Waals surface area contributed by atoms with Crippen LogP contribution >= 0.6 is 0 Å². The van der Waals surface area contributed by atoms with Gasteiger partial charge in [-0.3, -0.25) is 0 Å². The van der Waals surface area contributed by atoms with Gasteiger partial charge in [0.2, 0.25) is 0 Å². The summed E-state index contributed by atoms with van der Waals surface area (Å²) in [5.41, 5.74) is 0. The summed E-state index contributed by atoms with van der Waals surface area (Å²) in [6.07, 6.45) is 6.96. The van der Waals surface area contributed by atoms with Gasteiger partial charge in [0.05, 0.1) is 6.10 Å². The molecule has 2 fully saturated rings. The average molecular weight is 227 g/mol. The molecule has 0 spiro atoms. The first-order valence-corrected chi connectivity index (χ1v) is 6.73. The topological polar surface area (TPSA) is 32.7 Å². The maximum absolute atomic E-state index is 9.96. The van der Waals surface area contributed by atoms with E-state index in [2.05, 4.69) is 11.9 Å². The lowest BCUT2D eigenvalue weighted by atomic mass is 9.86. The summed E-state index contributed by atoms with van der Waals surface area (Å²) in [6, 6.07) is 0.669. The standard InChI is InChI=1S/C13H25NO2/c1-14(12-6-8-16-9-7-12)10-11-4-2-3-5-13(11)15/h11-13,15H,2-10H2,1H3. The van der Waals surface area contributed by atoms with Gasteiger partial charge in [0.25, 0.3) is 0 Å². The summed E-state index contributed by atoms with van der Waals surface area (Å²) in [4.78, 5) is 2.45. The van der Waals surface area contributed by atoms with Crippen molar-refractivity contribution >= 4 is 0 Å². The van der Waals surface area contributed by atoms with E-state index in [1.807, 2.05) is 0 Å². The molecule has 1 heterocycles. The minimum absolute atomic E-state index is 0.0592. The molecular weight excluding hydrogens is 202 g/mol. The second kappa shape index (κ2) is 5.99. The van der Waals surface area contributed by atoms with E-state index in [0.717, 1.165) is 39.0 Å². The maximum Gasteiger partial charge on any atom is 0.0580 e. The Morgan fingerprint density at radius 3 is 2.50 bits per heavy atom. The molecule has 0 aromatic rings. The van der Waals surface area contributed by atoms with Crippen LogP contribution in [0.5, 0.6) is 0 Å². The number of ether oxygens (including phenoxy) is 1. The normalized spacial score (nSPS) is 33.2. The molecule has 1 aliphatic heterocycles. The quantitative estimate of drug-likeness (QED) is 0.795. The fourth-order valence-corrected chi connectivity index (χ4v) is 3.05. The molecule has 1 saturated carbocycles. The summed E-state index contributed by atoms with van der Waals surface area (Å²) in [7, 11) is 2.21. The molecule has 0 radical (unpaired) electrons. The van der Waals surface area contributed by atoms with Gasteiger partial charge in [-0.1, -0.05) is 12.8 Å². The first-order valence-electron chi connectivity index (χ1n) is 6.73. The predicted octanol–water partition coefficient (Wildman–Crippen LogP) is 1.65. The smallest absolute Gasteiger partial charge is 0.0580 e. The van der Waals surface area contributed by atoms with Gasteiger partial charge in [-0.15, -0.1) is 0 Å². The van der Waals surface area contributed by atoms with Gasteiger partial charge in [-0.25, -0.2) is 0 Å². The van der Waals surface area contributed by atoms with Crippen LogP contribution < -0.4 is 0 Å². The zero-order valence-corrected chi connectivity index (χ0v) is 10.4. The Bertz CT molecular complexity index is 204. The fraction of sp³-hybridized carbons (Fsp3) is 1.00. The summed E-state index contributed by atoms with van der Waals surface area (Å²) >= 11 is 0. The van der Waals surface area contributed by atoms with Crippen molar-refractivity contribution in [1.29, 1.82) is 0 Å². The highest BCUT2D eigenvalue weighted by molar-refractivity contribution is 4.80. The van der Waals surface area contributed by atoms with Crippen molar-refractivity contribution in [1.82, 2.24) is 4.90 Å². The molecule has 0 amide bonds. The molecule has 0 aromatic heterocycles. The van der Waals surface area contributed by atoms with Gasteiger partial charge < -0.3 is 14.7 Å². The molecule has 94 valence electrons. The molecule has 2 aliphatic rings. The SMILES string of the molecule is CN(CC1CCCCC1O)C1CCOCC1. The van der Waals surface area contributed by atoms with Crippen LogP contribution in [0.2, 0.25) is 0 Å². The van der Waals surface area contributed by atoms with Gasteiger partial charge >= 0.3 is 0 Å². The fourth-order valence-electron chi connectivity index (χ4n) is 3.05. The van der Waals surface area contributed by atoms with Crippen LogP contribution in [-0.4, -0.2) is 49.0 Å². The first-order chi connectivity index (χ1) is 7.77. The minimum Gasteiger partial charge on any atom is -0.393 e. The van der Waals surface area contributed by atoms with Crippen molar-refractivity contribution in [2.45, 2.75) is 50.7 Å². The molecule has 3 heteroatoms. The molecule has 1 saturated heterocycles.